The zero-order valence-corrected chi connectivity index (χ0v) is 22.4. The monoisotopic (exact) mass is 583 g/mol. The fourth-order valence-corrected chi connectivity index (χ4v) is 6.42. The summed E-state index contributed by atoms with van der Waals surface area (Å²) in [5.41, 5.74) is 6.37. The number of hydrogen-bond donors (Lipinski definition) is 1. The van der Waals surface area contributed by atoms with E-state index in [-0.39, 0.29) is 52.5 Å². The van der Waals surface area contributed by atoms with Crippen LogP contribution in [-0.2, 0) is 25.9 Å². The molecular formula is C24H24Cl2FN5O5S. The van der Waals surface area contributed by atoms with Gasteiger partial charge in [0.2, 0.25) is 11.7 Å². The molecule has 2 aromatic carbocycles. The van der Waals surface area contributed by atoms with Crippen LogP contribution in [0.4, 0.5) is 16.1 Å². The van der Waals surface area contributed by atoms with Crippen molar-refractivity contribution in [2.45, 2.75) is 35.9 Å². The van der Waals surface area contributed by atoms with E-state index in [2.05, 4.69) is 10.1 Å². The van der Waals surface area contributed by atoms with E-state index in [4.69, 9.17) is 26.6 Å². The molecule has 10 nitrogen and oxygen atoms in total. The number of halogens is 3. The summed E-state index contributed by atoms with van der Waals surface area (Å²) in [7, 11) is -4.07. The first kappa shape index (κ1) is 26.8. The number of aromatic nitrogens is 2. The first-order chi connectivity index (χ1) is 17.6. The van der Waals surface area contributed by atoms with E-state index in [1.54, 1.807) is 24.3 Å². The third-order valence-electron chi connectivity index (χ3n) is 6.89. The quantitative estimate of drug-likeness (QED) is 0.492. The van der Waals surface area contributed by atoms with E-state index < -0.39 is 33.4 Å². The Morgan fingerprint density at radius 1 is 1.21 bits per heavy atom. The lowest BCUT2D eigenvalue weighted by Gasteiger charge is -2.31. The highest BCUT2D eigenvalue weighted by Crippen LogP contribution is 2.43. The maximum atomic E-state index is 15.3. The van der Waals surface area contributed by atoms with Crippen LogP contribution in [0.25, 0.3) is 11.4 Å². The fraction of sp³-hybridized carbons (Fsp3) is 0.375. The lowest BCUT2D eigenvalue weighted by molar-refractivity contribution is -0.119. The molecule has 3 aromatic rings. The van der Waals surface area contributed by atoms with Gasteiger partial charge < -0.3 is 24.8 Å². The van der Waals surface area contributed by atoms with Crippen molar-refractivity contribution in [3.8, 4) is 11.4 Å². The minimum absolute atomic E-state index is 0. The van der Waals surface area contributed by atoms with E-state index in [0.29, 0.717) is 30.3 Å². The van der Waals surface area contributed by atoms with Crippen molar-refractivity contribution in [2.75, 3.05) is 35.2 Å². The molecule has 202 valence electrons. The molecule has 0 unspecified atom stereocenters. The van der Waals surface area contributed by atoms with Crippen LogP contribution in [0.5, 0.6) is 0 Å². The van der Waals surface area contributed by atoms with Gasteiger partial charge in [-0.25, -0.2) is 12.8 Å². The number of fused-ring (bicyclic) bond motifs is 1. The number of benzene rings is 2. The van der Waals surface area contributed by atoms with Crippen LogP contribution < -0.4 is 15.5 Å². The highest BCUT2D eigenvalue weighted by atomic mass is 35.5. The van der Waals surface area contributed by atoms with E-state index in [9.17, 15) is 13.2 Å². The number of nitrogens with two attached hydrogens (primary N) is 1. The molecule has 6 rings (SSSR count). The molecule has 1 saturated heterocycles. The van der Waals surface area contributed by atoms with Crippen LogP contribution in [0.15, 0.2) is 45.8 Å². The van der Waals surface area contributed by atoms with Gasteiger partial charge in [0.1, 0.15) is 5.82 Å². The molecular weight excluding hydrogens is 560 g/mol. The lowest BCUT2D eigenvalue weighted by atomic mass is 10.1. The maximum absolute atomic E-state index is 15.3. The molecule has 1 spiro atoms. The first-order valence-corrected chi connectivity index (χ1v) is 13.8. The summed E-state index contributed by atoms with van der Waals surface area (Å²) in [5.74, 6) is -2.16. The smallest absolute Gasteiger partial charge is 0.324 e. The molecule has 0 bridgehead atoms. The average Bonchev–Trinajstić information content (AvgIpc) is 3.43. The van der Waals surface area contributed by atoms with Gasteiger partial charge in [0.25, 0.3) is 0 Å². The van der Waals surface area contributed by atoms with Crippen molar-refractivity contribution in [1.29, 1.82) is 0 Å². The summed E-state index contributed by atoms with van der Waals surface area (Å²) in [5, 5.41) is 4.46. The van der Waals surface area contributed by atoms with Gasteiger partial charge in [-0.3, -0.25) is 4.79 Å². The summed E-state index contributed by atoms with van der Waals surface area (Å²) >= 11 is 5.98. The standard InChI is InChI=1S/C24H23ClFN5O5S.ClH/c25-15-3-1-14(2-4-15)11-31-19-9-16(17(26)10-20(19)37(33,34)12-18(27)22(31)32)21-28-23(36-29-21)30-7-8-35-24(13-30)5-6-24;/h1-4,9-10,18H,5-8,11-13,27H2;1H/t18-;/m0./s1. The molecule has 3 aliphatic rings. The third kappa shape index (κ3) is 4.87. The Bertz CT molecular complexity index is 1500. The molecule has 14 heteroatoms. The summed E-state index contributed by atoms with van der Waals surface area (Å²) in [6.45, 7) is 1.67. The SMILES string of the molecule is Cl.N[C@H]1CS(=O)(=O)c2cc(F)c(-c3noc(N4CCOC5(CC5)C4)n3)cc2N(Cc2ccc(Cl)cc2)C1=O. The number of carbonyl (C=O) groups excluding carboxylic acids is 1. The van der Waals surface area contributed by atoms with Crippen molar-refractivity contribution in [3.05, 3.63) is 52.8 Å². The first-order valence-electron chi connectivity index (χ1n) is 11.7. The summed E-state index contributed by atoms with van der Waals surface area (Å²) in [6.07, 6.45) is 1.91. The molecule has 2 fully saturated rings. The Labute approximate surface area is 229 Å². The minimum Gasteiger partial charge on any atom is -0.371 e. The lowest BCUT2D eigenvalue weighted by Crippen LogP contribution is -2.45. The Morgan fingerprint density at radius 3 is 2.66 bits per heavy atom. The van der Waals surface area contributed by atoms with Gasteiger partial charge in [-0.15, -0.1) is 12.4 Å². The molecule has 1 aromatic heterocycles. The van der Waals surface area contributed by atoms with Crippen molar-refractivity contribution in [3.63, 3.8) is 0 Å². The predicted octanol–water partition coefficient (Wildman–Crippen LogP) is 2.97. The van der Waals surface area contributed by atoms with Crippen molar-refractivity contribution in [1.82, 2.24) is 10.1 Å². The molecule has 1 atom stereocenters. The van der Waals surface area contributed by atoms with Gasteiger partial charge in [0.05, 0.1) is 53.2 Å². The van der Waals surface area contributed by atoms with Gasteiger partial charge in [-0.2, -0.15) is 4.98 Å². The number of nitrogens with zero attached hydrogens (tertiary/aromatic N) is 4. The predicted molar refractivity (Wildman–Crippen MR) is 140 cm³/mol. The number of carbonyl (C=O) groups is 1. The van der Waals surface area contributed by atoms with Gasteiger partial charge in [-0.1, -0.05) is 28.9 Å². The normalized spacial score (nSPS) is 21.6. The number of rotatable bonds is 4. The van der Waals surface area contributed by atoms with Crippen LogP contribution in [0.3, 0.4) is 0 Å². The van der Waals surface area contributed by atoms with Crippen molar-refractivity contribution in [2.24, 2.45) is 5.73 Å². The van der Waals surface area contributed by atoms with E-state index in [0.717, 1.165) is 18.9 Å². The average molecular weight is 584 g/mol. The van der Waals surface area contributed by atoms with Gasteiger partial charge in [0.15, 0.2) is 9.84 Å². The van der Waals surface area contributed by atoms with Crippen LogP contribution in [0.1, 0.15) is 18.4 Å². The largest absolute Gasteiger partial charge is 0.371 e. The molecule has 0 radical (unpaired) electrons. The molecule has 38 heavy (non-hydrogen) atoms. The van der Waals surface area contributed by atoms with Crippen molar-refractivity contribution >= 4 is 51.5 Å². The Balaban J connectivity index is 0.00000294. The van der Waals surface area contributed by atoms with Gasteiger partial charge >= 0.3 is 6.01 Å². The zero-order chi connectivity index (χ0) is 25.9. The van der Waals surface area contributed by atoms with Crippen molar-refractivity contribution < 1.29 is 26.9 Å². The van der Waals surface area contributed by atoms with Crippen LogP contribution in [0.2, 0.25) is 5.02 Å². The number of amides is 1. The highest BCUT2D eigenvalue weighted by molar-refractivity contribution is 7.91. The fourth-order valence-electron chi connectivity index (χ4n) is 4.73. The number of hydrogen-bond acceptors (Lipinski definition) is 9. The second-order valence-corrected chi connectivity index (χ2v) is 12.0. The summed E-state index contributed by atoms with van der Waals surface area (Å²) in [6, 6.07) is 7.81. The van der Waals surface area contributed by atoms with Crippen LogP contribution in [0, 0.1) is 5.82 Å². The molecule has 1 amide bonds. The van der Waals surface area contributed by atoms with Crippen LogP contribution in [-0.4, -0.2) is 61.6 Å². The summed E-state index contributed by atoms with van der Waals surface area (Å²) < 4.78 is 52.7. The number of anilines is 2. The molecule has 2 N–H and O–H groups in total. The highest BCUT2D eigenvalue weighted by Gasteiger charge is 2.48. The molecule has 3 heterocycles. The Hall–Kier alpha value is -2.77. The molecule has 2 aliphatic heterocycles. The number of ether oxygens (including phenoxy) is 1. The second-order valence-electron chi connectivity index (χ2n) is 9.59. The number of morpholine rings is 1. The third-order valence-corrected chi connectivity index (χ3v) is 8.94. The van der Waals surface area contributed by atoms with E-state index in [1.165, 1.54) is 11.0 Å². The van der Waals surface area contributed by atoms with E-state index >= 15 is 4.39 Å². The zero-order valence-electron chi connectivity index (χ0n) is 20.0. The van der Waals surface area contributed by atoms with Gasteiger partial charge in [0, 0.05) is 11.6 Å². The summed E-state index contributed by atoms with van der Waals surface area (Å²) in [4.78, 5) is 20.4. The topological polar surface area (TPSA) is 132 Å². The Morgan fingerprint density at radius 2 is 1.95 bits per heavy atom. The second kappa shape index (κ2) is 9.76. The molecule has 1 aliphatic carbocycles. The number of sulfone groups is 1. The minimum atomic E-state index is -4.07. The maximum Gasteiger partial charge on any atom is 0.324 e. The molecule has 1 saturated carbocycles. The van der Waals surface area contributed by atoms with E-state index in [1.807, 2.05) is 4.90 Å². The Kier molecular flexibility index (Phi) is 6.89. The van der Waals surface area contributed by atoms with Crippen LogP contribution >= 0.6 is 24.0 Å². The van der Waals surface area contributed by atoms with Gasteiger partial charge in [-0.05, 0) is 42.7 Å².